The number of hydrogen-bond donors (Lipinski definition) is 2. The minimum Gasteiger partial charge on any atom is -0.382 e. The fourth-order valence-corrected chi connectivity index (χ4v) is 4.42. The Balaban J connectivity index is 2.21. The molecule has 0 heterocycles. The van der Waals surface area contributed by atoms with E-state index >= 15 is 0 Å². The Morgan fingerprint density at radius 3 is 0.968 bits per heavy atom. The summed E-state index contributed by atoms with van der Waals surface area (Å²) in [5.41, 5.74) is 8.24. The van der Waals surface area contributed by atoms with Crippen molar-refractivity contribution in [3.8, 4) is 0 Å². The lowest BCUT2D eigenvalue weighted by atomic mass is 9.91. The van der Waals surface area contributed by atoms with E-state index in [0.717, 1.165) is 0 Å². The summed E-state index contributed by atoms with van der Waals surface area (Å²) in [4.78, 5) is 0. The molecule has 2 nitrogen and oxygen atoms in total. The number of anilines is 2. The van der Waals surface area contributed by atoms with Gasteiger partial charge in [-0.05, 0) is 59.8 Å². The summed E-state index contributed by atoms with van der Waals surface area (Å²) in [7, 11) is 0. The van der Waals surface area contributed by atoms with Gasteiger partial charge in [0.25, 0.3) is 0 Å². The van der Waals surface area contributed by atoms with Crippen LogP contribution in [0.1, 0.15) is 115 Å². The quantitative estimate of drug-likeness (QED) is 0.401. The van der Waals surface area contributed by atoms with Crippen molar-refractivity contribution in [2.24, 2.45) is 0 Å². The summed E-state index contributed by atoms with van der Waals surface area (Å²) in [6.07, 6.45) is 2.39. The van der Waals surface area contributed by atoms with E-state index in [1.54, 1.807) is 0 Å². The molecule has 0 saturated heterocycles. The summed E-state index contributed by atoms with van der Waals surface area (Å²) in [6, 6.07) is 14.0. The molecule has 2 unspecified atom stereocenters. The number of rotatable bonds is 10. The molecule has 2 heteroatoms. The molecule has 2 aromatic carbocycles. The topological polar surface area (TPSA) is 24.1 Å². The molecule has 0 fully saturated rings. The van der Waals surface area contributed by atoms with Crippen molar-refractivity contribution >= 4 is 11.4 Å². The molecule has 0 aliphatic heterocycles. The Morgan fingerprint density at radius 2 is 0.742 bits per heavy atom. The lowest BCUT2D eigenvalue weighted by Gasteiger charge is -2.28. The van der Waals surface area contributed by atoms with Crippen molar-refractivity contribution < 1.29 is 0 Å². The Kier molecular flexibility index (Phi) is 9.03. The molecule has 0 spiro atoms. The minimum absolute atomic E-state index is 0.258. The first-order valence-corrected chi connectivity index (χ1v) is 12.2. The monoisotopic (exact) mass is 421 g/mol. The van der Waals surface area contributed by atoms with Crippen LogP contribution in [0, 0.1) is 6.42 Å². The average Bonchev–Trinajstić information content (AvgIpc) is 2.67. The van der Waals surface area contributed by atoms with E-state index in [1.165, 1.54) is 33.6 Å². The van der Waals surface area contributed by atoms with E-state index in [0.29, 0.717) is 23.7 Å². The summed E-state index contributed by atoms with van der Waals surface area (Å²) in [5, 5.41) is 7.68. The van der Waals surface area contributed by atoms with Gasteiger partial charge in [-0.25, -0.2) is 0 Å². The van der Waals surface area contributed by atoms with E-state index in [1.807, 2.05) is 0 Å². The van der Waals surface area contributed by atoms with Gasteiger partial charge in [0.05, 0.1) is 0 Å². The van der Waals surface area contributed by atoms with Gasteiger partial charge in [-0.1, -0.05) is 91.8 Å². The first-order valence-electron chi connectivity index (χ1n) is 12.2. The average molecular weight is 422 g/mol. The zero-order valence-corrected chi connectivity index (χ0v) is 21.5. The Labute approximate surface area is 192 Å². The standard InChI is InChI=1S/C29H45N2/c1-18(2)24-13-11-14-25(19(3)4)28(24)30-22(9)17-23(10)31-29-26(20(5)6)15-12-16-27(29)21(7)8/h11-23,30-31H,1-10H3. The number of para-hydroxylation sites is 2. The predicted molar refractivity (Wildman–Crippen MR) is 140 cm³/mol. The zero-order valence-electron chi connectivity index (χ0n) is 21.5. The largest absolute Gasteiger partial charge is 0.382 e. The highest BCUT2D eigenvalue weighted by Crippen LogP contribution is 2.35. The summed E-state index contributed by atoms with van der Waals surface area (Å²) in [5.74, 6) is 1.98. The third kappa shape index (κ3) is 6.51. The Morgan fingerprint density at radius 1 is 0.484 bits per heavy atom. The van der Waals surface area contributed by atoms with Crippen molar-refractivity contribution in [3.05, 3.63) is 65.1 Å². The highest BCUT2D eigenvalue weighted by molar-refractivity contribution is 5.62. The van der Waals surface area contributed by atoms with E-state index in [-0.39, 0.29) is 12.1 Å². The second kappa shape index (κ2) is 11.1. The van der Waals surface area contributed by atoms with Crippen molar-refractivity contribution in [3.63, 3.8) is 0 Å². The molecule has 31 heavy (non-hydrogen) atoms. The molecule has 2 N–H and O–H groups in total. The molecular formula is C29H45N2. The maximum atomic E-state index is 3.84. The highest BCUT2D eigenvalue weighted by atomic mass is 15.0. The fraction of sp³-hybridized carbons (Fsp3) is 0.552. The number of nitrogens with one attached hydrogen (secondary N) is 2. The molecule has 1 radical (unpaired) electrons. The first kappa shape index (κ1) is 25.3. The molecule has 171 valence electrons. The van der Waals surface area contributed by atoms with E-state index in [4.69, 9.17) is 0 Å². The van der Waals surface area contributed by atoms with Gasteiger partial charge in [-0.3, -0.25) is 0 Å². The van der Waals surface area contributed by atoms with Crippen molar-refractivity contribution in [2.75, 3.05) is 10.6 Å². The maximum absolute atomic E-state index is 3.84. The van der Waals surface area contributed by atoms with Crippen LogP contribution in [-0.2, 0) is 0 Å². The van der Waals surface area contributed by atoms with Gasteiger partial charge >= 0.3 is 0 Å². The zero-order chi connectivity index (χ0) is 23.3. The molecule has 0 aromatic heterocycles. The van der Waals surface area contributed by atoms with Crippen LogP contribution in [0.2, 0.25) is 0 Å². The molecule has 0 bridgehead atoms. The molecule has 0 saturated carbocycles. The van der Waals surface area contributed by atoms with E-state index in [2.05, 4.69) is 123 Å². The van der Waals surface area contributed by atoms with Crippen LogP contribution < -0.4 is 10.6 Å². The second-order valence-corrected chi connectivity index (χ2v) is 10.3. The lowest BCUT2D eigenvalue weighted by Crippen LogP contribution is -2.28. The predicted octanol–water partition coefficient (Wildman–Crippen LogP) is 8.69. The number of benzene rings is 2. The van der Waals surface area contributed by atoms with Crippen molar-refractivity contribution in [1.82, 2.24) is 0 Å². The highest BCUT2D eigenvalue weighted by Gasteiger charge is 2.19. The van der Waals surface area contributed by atoms with Crippen LogP contribution in [0.5, 0.6) is 0 Å². The first-order chi connectivity index (χ1) is 14.5. The van der Waals surface area contributed by atoms with E-state index in [9.17, 15) is 0 Å². The smallest absolute Gasteiger partial charge is 0.0412 e. The molecule has 0 aliphatic rings. The lowest BCUT2D eigenvalue weighted by molar-refractivity contribution is 0.764. The third-order valence-corrected chi connectivity index (χ3v) is 6.07. The van der Waals surface area contributed by atoms with Crippen molar-refractivity contribution in [2.45, 2.75) is 105 Å². The van der Waals surface area contributed by atoms with Crippen LogP contribution in [0.4, 0.5) is 11.4 Å². The summed E-state index contributed by atoms with van der Waals surface area (Å²) < 4.78 is 0. The summed E-state index contributed by atoms with van der Waals surface area (Å²) in [6.45, 7) is 22.7. The van der Waals surface area contributed by atoms with Gasteiger partial charge in [0.1, 0.15) is 0 Å². The van der Waals surface area contributed by atoms with Crippen LogP contribution in [0.15, 0.2) is 36.4 Å². The van der Waals surface area contributed by atoms with Crippen LogP contribution in [-0.4, -0.2) is 12.1 Å². The third-order valence-electron chi connectivity index (χ3n) is 6.07. The minimum atomic E-state index is 0.258. The van der Waals surface area contributed by atoms with Gasteiger partial charge < -0.3 is 10.6 Å². The maximum Gasteiger partial charge on any atom is 0.0412 e. The molecule has 2 atom stereocenters. The molecule has 2 rings (SSSR count). The van der Waals surface area contributed by atoms with E-state index < -0.39 is 0 Å². The van der Waals surface area contributed by atoms with Crippen LogP contribution >= 0.6 is 0 Å². The van der Waals surface area contributed by atoms with Crippen molar-refractivity contribution in [1.29, 1.82) is 0 Å². The Bertz CT molecular complexity index is 711. The molecular weight excluding hydrogens is 376 g/mol. The molecule has 0 amide bonds. The SMILES string of the molecule is CC([CH]C(C)Nc1c(C(C)C)cccc1C(C)C)Nc1c(C(C)C)cccc1C(C)C. The van der Waals surface area contributed by atoms with Crippen LogP contribution in [0.25, 0.3) is 0 Å². The van der Waals surface area contributed by atoms with Gasteiger partial charge in [0.2, 0.25) is 0 Å². The molecule has 0 aliphatic carbocycles. The van der Waals surface area contributed by atoms with Gasteiger partial charge in [-0.15, -0.1) is 0 Å². The van der Waals surface area contributed by atoms with Crippen LogP contribution in [0.3, 0.4) is 0 Å². The second-order valence-electron chi connectivity index (χ2n) is 10.3. The van der Waals surface area contributed by atoms with Gasteiger partial charge in [0.15, 0.2) is 0 Å². The van der Waals surface area contributed by atoms with Gasteiger partial charge in [-0.2, -0.15) is 0 Å². The summed E-state index contributed by atoms with van der Waals surface area (Å²) >= 11 is 0. The fourth-order valence-electron chi connectivity index (χ4n) is 4.42. The van der Waals surface area contributed by atoms with Gasteiger partial charge in [0, 0.05) is 29.9 Å². The normalized spacial score (nSPS) is 13.9. The molecule has 2 aromatic rings. The number of hydrogen-bond acceptors (Lipinski definition) is 2. The Hall–Kier alpha value is -1.96.